The largest absolute Gasteiger partial charge is 0.444 e. The van der Waals surface area contributed by atoms with Crippen LogP contribution in [0.5, 0.6) is 0 Å². The Morgan fingerprint density at radius 3 is 2.32 bits per heavy atom. The molecular formula is C12H14Cl2N2O3. The molecule has 0 aliphatic carbocycles. The predicted molar refractivity (Wildman–Crippen MR) is 72.4 cm³/mol. The Balaban J connectivity index is 2.91. The van der Waals surface area contributed by atoms with Gasteiger partial charge in [-0.3, -0.25) is 4.98 Å². The minimum absolute atomic E-state index is 0.195. The summed E-state index contributed by atoms with van der Waals surface area (Å²) in [4.78, 5) is 26.5. The molecule has 0 radical (unpaired) electrons. The molecule has 1 aromatic heterocycles. The molecule has 1 heterocycles. The molecule has 0 fully saturated rings. The molecule has 0 saturated carbocycles. The molecule has 0 aromatic carbocycles. The first kappa shape index (κ1) is 15.7. The number of rotatable bonds is 3. The summed E-state index contributed by atoms with van der Waals surface area (Å²) in [6.07, 6.45) is 2.48. The number of amides is 1. The van der Waals surface area contributed by atoms with Crippen molar-refractivity contribution in [3.63, 3.8) is 0 Å². The second kappa shape index (κ2) is 6.21. The maximum absolute atomic E-state index is 11.6. The average molecular weight is 305 g/mol. The number of hydrogen-bond acceptors (Lipinski definition) is 4. The molecular weight excluding hydrogens is 291 g/mol. The summed E-state index contributed by atoms with van der Waals surface area (Å²) >= 11 is 11.8. The number of nitrogens with zero attached hydrogens (tertiary/aromatic N) is 1. The third-order valence-corrected chi connectivity index (χ3v) is 2.61. The van der Waals surface area contributed by atoms with Gasteiger partial charge in [0.25, 0.3) is 0 Å². The van der Waals surface area contributed by atoms with E-state index in [1.807, 2.05) is 0 Å². The average Bonchev–Trinajstić information content (AvgIpc) is 2.24. The van der Waals surface area contributed by atoms with Crippen molar-refractivity contribution in [2.75, 3.05) is 0 Å². The van der Waals surface area contributed by atoms with Gasteiger partial charge in [0.2, 0.25) is 0 Å². The van der Waals surface area contributed by atoms with E-state index in [-0.39, 0.29) is 10.0 Å². The van der Waals surface area contributed by atoms with Gasteiger partial charge >= 0.3 is 6.09 Å². The van der Waals surface area contributed by atoms with E-state index < -0.39 is 17.7 Å². The quantitative estimate of drug-likeness (QED) is 0.871. The summed E-state index contributed by atoms with van der Waals surface area (Å²) in [5.41, 5.74) is -0.372. The first-order chi connectivity index (χ1) is 8.74. The highest BCUT2D eigenvalue weighted by atomic mass is 35.5. The Hall–Kier alpha value is -1.33. The van der Waals surface area contributed by atoms with Crippen molar-refractivity contribution in [1.29, 1.82) is 0 Å². The van der Waals surface area contributed by atoms with Crippen molar-refractivity contribution in [3.05, 3.63) is 28.0 Å². The van der Waals surface area contributed by atoms with Gasteiger partial charge in [-0.15, -0.1) is 0 Å². The SMILES string of the molecule is CC(C)(C)OC(=O)NC(C=O)c1c(Cl)cncc1Cl. The highest BCUT2D eigenvalue weighted by molar-refractivity contribution is 6.36. The molecule has 0 spiro atoms. The fraction of sp³-hybridized carbons (Fsp3) is 0.417. The maximum Gasteiger partial charge on any atom is 0.408 e. The van der Waals surface area contributed by atoms with Crippen molar-refractivity contribution < 1.29 is 14.3 Å². The van der Waals surface area contributed by atoms with Gasteiger partial charge in [0.05, 0.1) is 10.0 Å². The summed E-state index contributed by atoms with van der Waals surface area (Å²) in [5, 5.41) is 2.79. The van der Waals surface area contributed by atoms with E-state index in [9.17, 15) is 9.59 Å². The summed E-state index contributed by atoms with van der Waals surface area (Å²) in [5.74, 6) is 0. The molecule has 0 saturated heterocycles. The minimum Gasteiger partial charge on any atom is -0.444 e. The standard InChI is InChI=1S/C12H14Cl2N2O3/c1-12(2,3)19-11(18)16-9(6-17)10-7(13)4-15-5-8(10)14/h4-6,9H,1-3H3,(H,16,18). The van der Waals surface area contributed by atoms with Gasteiger partial charge in [-0.1, -0.05) is 23.2 Å². The van der Waals surface area contributed by atoms with Gasteiger partial charge in [0.1, 0.15) is 17.9 Å². The Kier molecular flexibility index (Phi) is 5.14. The van der Waals surface area contributed by atoms with E-state index in [4.69, 9.17) is 27.9 Å². The van der Waals surface area contributed by atoms with Crippen LogP contribution in [0.25, 0.3) is 0 Å². The lowest BCUT2D eigenvalue weighted by Gasteiger charge is -2.22. The smallest absolute Gasteiger partial charge is 0.408 e. The van der Waals surface area contributed by atoms with Gasteiger partial charge in [-0.05, 0) is 20.8 Å². The number of aromatic nitrogens is 1. The van der Waals surface area contributed by atoms with Crippen LogP contribution in [0, 0.1) is 0 Å². The Bertz CT molecular complexity index is 466. The molecule has 19 heavy (non-hydrogen) atoms. The molecule has 7 heteroatoms. The molecule has 104 valence electrons. The molecule has 1 unspecified atom stereocenters. The predicted octanol–water partition coefficient (Wildman–Crippen LogP) is 3.15. The van der Waals surface area contributed by atoms with Crippen LogP contribution in [0.2, 0.25) is 10.0 Å². The van der Waals surface area contributed by atoms with Crippen LogP contribution >= 0.6 is 23.2 Å². The zero-order chi connectivity index (χ0) is 14.6. The van der Waals surface area contributed by atoms with E-state index in [0.717, 1.165) is 0 Å². The Morgan fingerprint density at radius 1 is 1.37 bits per heavy atom. The normalized spacial score (nSPS) is 12.7. The van der Waals surface area contributed by atoms with Crippen molar-refractivity contribution in [3.8, 4) is 0 Å². The van der Waals surface area contributed by atoms with Crippen molar-refractivity contribution in [2.45, 2.75) is 32.4 Å². The topological polar surface area (TPSA) is 68.3 Å². The van der Waals surface area contributed by atoms with Crippen molar-refractivity contribution in [2.24, 2.45) is 0 Å². The summed E-state index contributed by atoms with van der Waals surface area (Å²) < 4.78 is 5.06. The lowest BCUT2D eigenvalue weighted by atomic mass is 10.1. The number of nitrogens with one attached hydrogen (secondary N) is 1. The van der Waals surface area contributed by atoms with E-state index in [2.05, 4.69) is 10.3 Å². The number of carbonyl (C=O) groups is 2. The Labute approximate surface area is 121 Å². The van der Waals surface area contributed by atoms with E-state index in [0.29, 0.717) is 11.8 Å². The number of aldehydes is 1. The highest BCUT2D eigenvalue weighted by Gasteiger charge is 2.23. The van der Waals surface area contributed by atoms with E-state index >= 15 is 0 Å². The number of alkyl carbamates (subject to hydrolysis) is 1. The minimum atomic E-state index is -0.988. The van der Waals surface area contributed by atoms with Crippen LogP contribution in [-0.4, -0.2) is 23.0 Å². The number of hydrogen-bond donors (Lipinski definition) is 1. The molecule has 0 aliphatic heterocycles. The molecule has 1 rings (SSSR count). The fourth-order valence-electron chi connectivity index (χ4n) is 1.33. The van der Waals surface area contributed by atoms with Gasteiger partial charge in [0, 0.05) is 18.0 Å². The lowest BCUT2D eigenvalue weighted by molar-refractivity contribution is -0.109. The van der Waals surface area contributed by atoms with Crippen LogP contribution in [0.4, 0.5) is 4.79 Å². The van der Waals surface area contributed by atoms with Crippen LogP contribution in [0.15, 0.2) is 12.4 Å². The molecule has 1 amide bonds. The zero-order valence-electron chi connectivity index (χ0n) is 10.7. The molecule has 1 N–H and O–H groups in total. The summed E-state index contributed by atoms with van der Waals surface area (Å²) in [6, 6.07) is -0.988. The third kappa shape index (κ3) is 4.69. The lowest BCUT2D eigenvalue weighted by Crippen LogP contribution is -2.35. The number of ether oxygens (including phenoxy) is 1. The monoisotopic (exact) mass is 304 g/mol. The summed E-state index contributed by atoms with van der Waals surface area (Å²) in [6.45, 7) is 5.15. The first-order valence-electron chi connectivity index (χ1n) is 5.48. The Morgan fingerprint density at radius 2 is 1.89 bits per heavy atom. The van der Waals surface area contributed by atoms with Crippen LogP contribution in [-0.2, 0) is 9.53 Å². The molecule has 0 bridgehead atoms. The maximum atomic E-state index is 11.6. The second-order valence-electron chi connectivity index (χ2n) is 4.78. The van der Waals surface area contributed by atoms with Crippen LogP contribution in [0.3, 0.4) is 0 Å². The zero-order valence-corrected chi connectivity index (χ0v) is 12.2. The molecule has 1 aromatic rings. The third-order valence-electron chi connectivity index (χ3n) is 2.01. The van der Waals surface area contributed by atoms with Gasteiger partial charge in [0.15, 0.2) is 0 Å². The number of pyridine rings is 1. The van der Waals surface area contributed by atoms with Crippen molar-refractivity contribution in [1.82, 2.24) is 10.3 Å². The summed E-state index contributed by atoms with van der Waals surface area (Å²) in [7, 11) is 0. The highest BCUT2D eigenvalue weighted by Crippen LogP contribution is 2.28. The van der Waals surface area contributed by atoms with Crippen molar-refractivity contribution >= 4 is 35.6 Å². The first-order valence-corrected chi connectivity index (χ1v) is 6.24. The van der Waals surface area contributed by atoms with Crippen LogP contribution in [0.1, 0.15) is 32.4 Å². The fourth-order valence-corrected chi connectivity index (χ4v) is 1.93. The molecule has 1 atom stereocenters. The van der Waals surface area contributed by atoms with E-state index in [1.54, 1.807) is 20.8 Å². The number of carbonyl (C=O) groups excluding carboxylic acids is 2. The van der Waals surface area contributed by atoms with E-state index in [1.165, 1.54) is 12.4 Å². The van der Waals surface area contributed by atoms with Gasteiger partial charge in [-0.2, -0.15) is 0 Å². The van der Waals surface area contributed by atoms with Gasteiger partial charge in [-0.25, -0.2) is 4.79 Å². The van der Waals surface area contributed by atoms with Gasteiger partial charge < -0.3 is 14.8 Å². The van der Waals surface area contributed by atoms with Crippen LogP contribution < -0.4 is 5.32 Å². The molecule has 5 nitrogen and oxygen atoms in total. The molecule has 0 aliphatic rings. The second-order valence-corrected chi connectivity index (χ2v) is 5.59. The number of halogens is 2.